The second-order valence-electron chi connectivity index (χ2n) is 8.83. The summed E-state index contributed by atoms with van der Waals surface area (Å²) in [7, 11) is 0. The molecule has 0 aliphatic carbocycles. The minimum Gasteiger partial charge on any atom is -0.480 e. The Balaban J connectivity index is 3.28. The van der Waals surface area contributed by atoms with Gasteiger partial charge in [0.25, 0.3) is 0 Å². The zero-order valence-electron chi connectivity index (χ0n) is 20.2. The fourth-order valence-corrected chi connectivity index (χ4v) is 3.64. The summed E-state index contributed by atoms with van der Waals surface area (Å²) in [6.45, 7) is 2.87. The van der Waals surface area contributed by atoms with E-state index in [4.69, 9.17) is 10.8 Å². The van der Waals surface area contributed by atoms with Crippen LogP contribution in [0.4, 0.5) is 0 Å². The first kappa shape index (κ1) is 29.6. The number of hydrogen-bond donors (Lipinski definition) is 3. The summed E-state index contributed by atoms with van der Waals surface area (Å²) in [6.07, 6.45) is 26.6. The highest BCUT2D eigenvalue weighted by Gasteiger charge is 2.10. The van der Waals surface area contributed by atoms with Crippen LogP contribution in [0.25, 0.3) is 0 Å². The fourth-order valence-electron chi connectivity index (χ4n) is 3.64. The molecule has 31 heavy (non-hydrogen) atoms. The van der Waals surface area contributed by atoms with E-state index in [1.54, 1.807) is 0 Å². The SMILES string of the molecule is CCCCCCCCCCCCC/C=C/CCCCC(=O)NCCCC[C@H](N)C(=O)O. The number of hydrogen-bond acceptors (Lipinski definition) is 3. The Morgan fingerprint density at radius 2 is 1.29 bits per heavy atom. The van der Waals surface area contributed by atoms with Gasteiger partial charge in [-0.2, -0.15) is 0 Å². The molecule has 0 aromatic rings. The predicted molar refractivity (Wildman–Crippen MR) is 131 cm³/mol. The van der Waals surface area contributed by atoms with Gasteiger partial charge in [0, 0.05) is 13.0 Å². The molecule has 0 spiro atoms. The van der Waals surface area contributed by atoms with Gasteiger partial charge in [0.15, 0.2) is 0 Å². The van der Waals surface area contributed by atoms with Gasteiger partial charge >= 0.3 is 5.97 Å². The van der Waals surface area contributed by atoms with Crippen LogP contribution in [0.2, 0.25) is 0 Å². The standard InChI is InChI=1S/C26H50N2O3/c1-2-3-4-5-6-7-8-9-10-11-12-13-14-15-16-17-18-22-25(29)28-23-20-19-21-24(27)26(30)31/h14-15,24H,2-13,16-23,27H2,1H3,(H,28,29)(H,30,31)/b15-14+/t24-/m0/s1. The van der Waals surface area contributed by atoms with Gasteiger partial charge < -0.3 is 16.2 Å². The highest BCUT2D eigenvalue weighted by molar-refractivity contribution is 5.75. The largest absolute Gasteiger partial charge is 0.480 e. The Morgan fingerprint density at radius 3 is 1.84 bits per heavy atom. The van der Waals surface area contributed by atoms with Gasteiger partial charge in [0.05, 0.1) is 0 Å². The number of rotatable bonds is 23. The molecule has 1 atom stereocenters. The summed E-state index contributed by atoms with van der Waals surface area (Å²) in [5, 5.41) is 11.6. The molecule has 0 aromatic carbocycles. The number of carbonyl (C=O) groups excluding carboxylic acids is 1. The van der Waals surface area contributed by atoms with E-state index in [2.05, 4.69) is 24.4 Å². The third kappa shape index (κ3) is 23.1. The van der Waals surface area contributed by atoms with Gasteiger partial charge in [-0.1, -0.05) is 83.3 Å². The predicted octanol–water partition coefficient (Wildman–Crippen LogP) is 6.50. The molecule has 0 fully saturated rings. The van der Waals surface area contributed by atoms with Crippen molar-refractivity contribution in [3.63, 3.8) is 0 Å². The number of amides is 1. The molecule has 1 amide bonds. The van der Waals surface area contributed by atoms with Crippen LogP contribution >= 0.6 is 0 Å². The van der Waals surface area contributed by atoms with Crippen LogP contribution in [-0.2, 0) is 9.59 Å². The molecule has 4 N–H and O–H groups in total. The molecule has 0 aromatic heterocycles. The molecule has 182 valence electrons. The highest BCUT2D eigenvalue weighted by Crippen LogP contribution is 2.12. The maximum absolute atomic E-state index is 11.8. The molecule has 0 rings (SSSR count). The molecule has 5 heteroatoms. The molecule has 0 unspecified atom stereocenters. The smallest absolute Gasteiger partial charge is 0.320 e. The quantitative estimate of drug-likeness (QED) is 0.125. The number of aliphatic carboxylic acids is 1. The van der Waals surface area contributed by atoms with E-state index >= 15 is 0 Å². The number of nitrogens with two attached hydrogens (primary N) is 1. The van der Waals surface area contributed by atoms with E-state index in [-0.39, 0.29) is 5.91 Å². The Labute approximate surface area is 191 Å². The Morgan fingerprint density at radius 1 is 0.774 bits per heavy atom. The van der Waals surface area contributed by atoms with E-state index < -0.39 is 12.0 Å². The molecule has 0 radical (unpaired) electrons. The number of nitrogens with one attached hydrogen (secondary N) is 1. The minimum atomic E-state index is -0.961. The summed E-state index contributed by atoms with van der Waals surface area (Å²) in [5.41, 5.74) is 5.44. The van der Waals surface area contributed by atoms with Crippen LogP contribution in [0, 0.1) is 0 Å². The lowest BCUT2D eigenvalue weighted by Gasteiger charge is -2.07. The van der Waals surface area contributed by atoms with Crippen molar-refractivity contribution >= 4 is 11.9 Å². The summed E-state index contributed by atoms with van der Waals surface area (Å²) in [4.78, 5) is 22.4. The third-order valence-corrected chi connectivity index (χ3v) is 5.75. The summed E-state index contributed by atoms with van der Waals surface area (Å²) < 4.78 is 0. The summed E-state index contributed by atoms with van der Waals surface area (Å²) >= 11 is 0. The van der Waals surface area contributed by atoms with Gasteiger partial charge in [-0.25, -0.2) is 0 Å². The number of carbonyl (C=O) groups is 2. The normalized spacial score (nSPS) is 12.3. The maximum atomic E-state index is 11.8. The monoisotopic (exact) mass is 438 g/mol. The lowest BCUT2D eigenvalue weighted by atomic mass is 10.1. The van der Waals surface area contributed by atoms with Crippen molar-refractivity contribution in [2.45, 2.75) is 135 Å². The van der Waals surface area contributed by atoms with Crippen molar-refractivity contribution in [3.05, 3.63) is 12.2 Å². The van der Waals surface area contributed by atoms with Crippen LogP contribution in [0.1, 0.15) is 129 Å². The second-order valence-corrected chi connectivity index (χ2v) is 8.83. The fraction of sp³-hybridized carbons (Fsp3) is 0.846. The first-order valence-electron chi connectivity index (χ1n) is 13.0. The number of carboxylic acids is 1. The van der Waals surface area contributed by atoms with Crippen molar-refractivity contribution in [2.75, 3.05) is 6.54 Å². The lowest BCUT2D eigenvalue weighted by molar-refractivity contribution is -0.138. The van der Waals surface area contributed by atoms with Gasteiger partial charge in [-0.15, -0.1) is 0 Å². The topological polar surface area (TPSA) is 92.4 Å². The van der Waals surface area contributed by atoms with Crippen molar-refractivity contribution in [3.8, 4) is 0 Å². The molecule has 0 saturated carbocycles. The van der Waals surface area contributed by atoms with Crippen LogP contribution < -0.4 is 11.1 Å². The summed E-state index contributed by atoms with van der Waals surface area (Å²) in [5.74, 6) is -0.871. The van der Waals surface area contributed by atoms with Gasteiger partial charge in [0.2, 0.25) is 5.91 Å². The average Bonchev–Trinajstić information content (AvgIpc) is 2.75. The lowest BCUT2D eigenvalue weighted by Crippen LogP contribution is -2.30. The summed E-state index contributed by atoms with van der Waals surface area (Å²) in [6, 6.07) is -0.793. The first-order valence-corrected chi connectivity index (χ1v) is 13.0. The zero-order chi connectivity index (χ0) is 23.0. The molecule has 0 bridgehead atoms. The van der Waals surface area contributed by atoms with E-state index in [9.17, 15) is 9.59 Å². The molecular formula is C26H50N2O3. The molecular weight excluding hydrogens is 388 g/mol. The number of unbranched alkanes of at least 4 members (excludes halogenated alkanes) is 14. The highest BCUT2D eigenvalue weighted by atomic mass is 16.4. The van der Waals surface area contributed by atoms with Crippen molar-refractivity contribution in [1.29, 1.82) is 0 Å². The average molecular weight is 439 g/mol. The molecule has 5 nitrogen and oxygen atoms in total. The first-order chi connectivity index (χ1) is 15.1. The van der Waals surface area contributed by atoms with Crippen molar-refractivity contribution in [2.24, 2.45) is 5.73 Å². The van der Waals surface area contributed by atoms with Crippen molar-refractivity contribution < 1.29 is 14.7 Å². The van der Waals surface area contributed by atoms with Gasteiger partial charge in [-0.05, 0) is 51.4 Å². The third-order valence-electron chi connectivity index (χ3n) is 5.75. The molecule has 0 aliphatic rings. The van der Waals surface area contributed by atoms with E-state index in [1.807, 2.05) is 0 Å². The zero-order valence-corrected chi connectivity index (χ0v) is 20.2. The Bertz CT molecular complexity index is 452. The van der Waals surface area contributed by atoms with Crippen LogP contribution in [0.15, 0.2) is 12.2 Å². The van der Waals surface area contributed by atoms with E-state index in [1.165, 1.54) is 77.0 Å². The molecule has 0 saturated heterocycles. The molecule has 0 heterocycles. The van der Waals surface area contributed by atoms with Gasteiger partial charge in [0.1, 0.15) is 6.04 Å². The van der Waals surface area contributed by atoms with Crippen LogP contribution in [-0.4, -0.2) is 29.6 Å². The van der Waals surface area contributed by atoms with E-state index in [0.717, 1.165) is 32.1 Å². The van der Waals surface area contributed by atoms with Crippen LogP contribution in [0.5, 0.6) is 0 Å². The second kappa shape index (κ2) is 23.3. The minimum absolute atomic E-state index is 0.0903. The number of carboxylic acid groups (broad SMARTS) is 1. The Hall–Kier alpha value is -1.36. The van der Waals surface area contributed by atoms with Gasteiger partial charge in [-0.3, -0.25) is 9.59 Å². The van der Waals surface area contributed by atoms with E-state index in [0.29, 0.717) is 19.4 Å². The Kier molecular flexibility index (Phi) is 22.3. The maximum Gasteiger partial charge on any atom is 0.320 e. The van der Waals surface area contributed by atoms with Crippen molar-refractivity contribution in [1.82, 2.24) is 5.32 Å². The number of allylic oxidation sites excluding steroid dienone is 2. The van der Waals surface area contributed by atoms with Crippen LogP contribution in [0.3, 0.4) is 0 Å². The molecule has 0 aliphatic heterocycles.